The molecule has 7 heteroatoms. The predicted octanol–water partition coefficient (Wildman–Crippen LogP) is 2.04. The van der Waals surface area contributed by atoms with Crippen molar-refractivity contribution in [1.82, 2.24) is 19.1 Å². The minimum Gasteiger partial charge on any atom is -0.342 e. The summed E-state index contributed by atoms with van der Waals surface area (Å²) in [6.45, 7) is 6.30. The standard InChI is InChI=1S/C16H20ClN5O/c1-4-5-9-22-12-13(18-15(17)20(3)14(12)23)19-16(22)21-8-6-7-11(2)10-21/h11H,6-10H2,1-3H3. The number of piperidine rings is 1. The first-order valence-corrected chi connectivity index (χ1v) is 8.18. The van der Waals surface area contributed by atoms with E-state index in [1.165, 1.54) is 11.0 Å². The first kappa shape index (κ1) is 15.9. The van der Waals surface area contributed by atoms with Crippen LogP contribution in [0.4, 0.5) is 5.95 Å². The molecule has 1 saturated heterocycles. The van der Waals surface area contributed by atoms with Crippen molar-refractivity contribution in [2.75, 3.05) is 18.0 Å². The molecule has 23 heavy (non-hydrogen) atoms. The summed E-state index contributed by atoms with van der Waals surface area (Å²) in [7, 11) is 1.61. The summed E-state index contributed by atoms with van der Waals surface area (Å²) in [5.74, 6) is 7.29. The number of aromatic nitrogens is 4. The Morgan fingerprint density at radius 3 is 2.87 bits per heavy atom. The Balaban J connectivity index is 2.21. The minimum absolute atomic E-state index is 0.146. The van der Waals surface area contributed by atoms with Crippen molar-refractivity contribution in [3.63, 3.8) is 0 Å². The van der Waals surface area contributed by atoms with Crippen LogP contribution < -0.4 is 10.5 Å². The van der Waals surface area contributed by atoms with E-state index in [0.717, 1.165) is 25.5 Å². The Morgan fingerprint density at radius 2 is 2.17 bits per heavy atom. The Kier molecular flexibility index (Phi) is 4.31. The van der Waals surface area contributed by atoms with Gasteiger partial charge in [0.2, 0.25) is 11.2 Å². The number of anilines is 1. The second-order valence-electron chi connectivity index (χ2n) is 6.04. The van der Waals surface area contributed by atoms with Gasteiger partial charge in [0.1, 0.15) is 0 Å². The molecule has 0 aromatic carbocycles. The molecule has 2 aromatic heterocycles. The van der Waals surface area contributed by atoms with Crippen LogP contribution in [0.15, 0.2) is 4.79 Å². The lowest BCUT2D eigenvalue weighted by Gasteiger charge is -2.31. The molecule has 6 nitrogen and oxygen atoms in total. The van der Waals surface area contributed by atoms with Crippen LogP contribution in [0.5, 0.6) is 0 Å². The monoisotopic (exact) mass is 333 g/mol. The molecule has 0 aliphatic carbocycles. The Bertz CT molecular complexity index is 857. The topological polar surface area (TPSA) is 56.0 Å². The molecule has 0 N–H and O–H groups in total. The highest BCUT2D eigenvalue weighted by molar-refractivity contribution is 6.28. The van der Waals surface area contributed by atoms with Crippen molar-refractivity contribution < 1.29 is 0 Å². The van der Waals surface area contributed by atoms with Crippen LogP contribution in [-0.2, 0) is 13.6 Å². The van der Waals surface area contributed by atoms with Crippen molar-refractivity contribution in [3.8, 4) is 11.8 Å². The fraction of sp³-hybridized carbons (Fsp3) is 0.562. The highest BCUT2D eigenvalue weighted by Crippen LogP contribution is 2.25. The third-order valence-corrected chi connectivity index (χ3v) is 4.60. The van der Waals surface area contributed by atoms with Gasteiger partial charge in [0, 0.05) is 20.1 Å². The molecule has 3 heterocycles. The molecule has 1 aliphatic heterocycles. The van der Waals surface area contributed by atoms with Crippen LogP contribution in [-0.4, -0.2) is 32.2 Å². The maximum Gasteiger partial charge on any atom is 0.280 e. The summed E-state index contributed by atoms with van der Waals surface area (Å²) in [4.78, 5) is 23.7. The van der Waals surface area contributed by atoms with E-state index in [1.807, 2.05) is 4.57 Å². The predicted molar refractivity (Wildman–Crippen MR) is 91.8 cm³/mol. The Hall–Kier alpha value is -2.00. The van der Waals surface area contributed by atoms with Crippen LogP contribution in [0.25, 0.3) is 11.2 Å². The van der Waals surface area contributed by atoms with E-state index in [0.29, 0.717) is 23.6 Å². The van der Waals surface area contributed by atoms with Gasteiger partial charge in [-0.1, -0.05) is 12.8 Å². The zero-order chi connectivity index (χ0) is 16.6. The Morgan fingerprint density at radius 1 is 1.39 bits per heavy atom. The van der Waals surface area contributed by atoms with Crippen molar-refractivity contribution in [3.05, 3.63) is 15.6 Å². The highest BCUT2D eigenvalue weighted by atomic mass is 35.5. The number of halogens is 1. The molecule has 1 aliphatic rings. The second kappa shape index (κ2) is 6.25. The third kappa shape index (κ3) is 2.81. The average Bonchev–Trinajstić information content (AvgIpc) is 2.89. The van der Waals surface area contributed by atoms with E-state index in [2.05, 4.69) is 33.6 Å². The van der Waals surface area contributed by atoms with Gasteiger partial charge in [0.05, 0.1) is 6.54 Å². The molecule has 0 spiro atoms. The van der Waals surface area contributed by atoms with Crippen molar-refractivity contribution >= 4 is 28.7 Å². The molecule has 0 saturated carbocycles. The normalized spacial score (nSPS) is 18.1. The lowest BCUT2D eigenvalue weighted by molar-refractivity contribution is 0.439. The van der Waals surface area contributed by atoms with Gasteiger partial charge in [0.15, 0.2) is 11.2 Å². The number of hydrogen-bond acceptors (Lipinski definition) is 4. The minimum atomic E-state index is -0.193. The largest absolute Gasteiger partial charge is 0.342 e. The van der Waals surface area contributed by atoms with Gasteiger partial charge in [-0.3, -0.25) is 13.9 Å². The number of nitrogens with zero attached hydrogens (tertiary/aromatic N) is 5. The van der Waals surface area contributed by atoms with Gasteiger partial charge in [-0.05, 0) is 37.3 Å². The molecule has 0 amide bonds. The fourth-order valence-corrected chi connectivity index (χ4v) is 3.20. The zero-order valence-corrected chi connectivity index (χ0v) is 14.4. The molecular weight excluding hydrogens is 314 g/mol. The molecule has 3 rings (SSSR count). The SMILES string of the molecule is CC#CCn1c(N2CCCC(C)C2)nc2nc(Cl)n(C)c(=O)c21. The molecule has 0 bridgehead atoms. The zero-order valence-electron chi connectivity index (χ0n) is 13.6. The molecule has 1 fully saturated rings. The molecule has 1 unspecified atom stereocenters. The van der Waals surface area contributed by atoms with Crippen LogP contribution in [0, 0.1) is 17.8 Å². The van der Waals surface area contributed by atoms with Crippen molar-refractivity contribution in [2.24, 2.45) is 13.0 Å². The number of hydrogen-bond donors (Lipinski definition) is 0. The van der Waals surface area contributed by atoms with Gasteiger partial charge < -0.3 is 4.90 Å². The summed E-state index contributed by atoms with van der Waals surface area (Å²) in [6.07, 6.45) is 2.34. The molecule has 122 valence electrons. The fourth-order valence-electron chi connectivity index (χ4n) is 3.04. The third-order valence-electron chi connectivity index (χ3n) is 4.26. The molecule has 2 aromatic rings. The summed E-state index contributed by atoms with van der Waals surface area (Å²) >= 11 is 6.03. The van der Waals surface area contributed by atoms with Crippen LogP contribution >= 0.6 is 11.6 Å². The van der Waals surface area contributed by atoms with E-state index >= 15 is 0 Å². The molecular formula is C16H20ClN5O. The van der Waals surface area contributed by atoms with Gasteiger partial charge in [-0.2, -0.15) is 9.97 Å². The summed E-state index contributed by atoms with van der Waals surface area (Å²) < 4.78 is 3.21. The van der Waals surface area contributed by atoms with Gasteiger partial charge >= 0.3 is 0 Å². The maximum absolute atomic E-state index is 12.6. The summed E-state index contributed by atoms with van der Waals surface area (Å²) in [6, 6.07) is 0. The van der Waals surface area contributed by atoms with Crippen molar-refractivity contribution in [1.29, 1.82) is 0 Å². The van der Waals surface area contributed by atoms with E-state index in [4.69, 9.17) is 11.6 Å². The van der Waals surface area contributed by atoms with E-state index < -0.39 is 0 Å². The lowest BCUT2D eigenvalue weighted by atomic mass is 10.0. The van der Waals surface area contributed by atoms with Gasteiger partial charge in [0.25, 0.3) is 5.56 Å². The highest BCUT2D eigenvalue weighted by Gasteiger charge is 2.24. The number of rotatable bonds is 2. The lowest BCUT2D eigenvalue weighted by Crippen LogP contribution is -2.36. The average molecular weight is 334 g/mol. The number of fused-ring (bicyclic) bond motifs is 1. The quantitative estimate of drug-likeness (QED) is 0.623. The second-order valence-corrected chi connectivity index (χ2v) is 6.37. The van der Waals surface area contributed by atoms with Gasteiger partial charge in [-0.15, -0.1) is 5.92 Å². The van der Waals surface area contributed by atoms with Crippen LogP contribution in [0.3, 0.4) is 0 Å². The van der Waals surface area contributed by atoms with E-state index in [9.17, 15) is 4.79 Å². The first-order valence-electron chi connectivity index (χ1n) is 7.80. The summed E-state index contributed by atoms with van der Waals surface area (Å²) in [5, 5.41) is 0.146. The van der Waals surface area contributed by atoms with Crippen molar-refractivity contribution in [2.45, 2.75) is 33.2 Å². The Labute approximate surface area is 140 Å². The van der Waals surface area contributed by atoms with E-state index in [1.54, 1.807) is 14.0 Å². The maximum atomic E-state index is 12.6. The molecule has 0 radical (unpaired) electrons. The van der Waals surface area contributed by atoms with Crippen LogP contribution in [0.1, 0.15) is 26.7 Å². The van der Waals surface area contributed by atoms with Crippen LogP contribution in [0.2, 0.25) is 5.28 Å². The first-order chi connectivity index (χ1) is 11.0. The molecule has 1 atom stereocenters. The number of imidazole rings is 1. The van der Waals surface area contributed by atoms with E-state index in [-0.39, 0.29) is 10.8 Å². The van der Waals surface area contributed by atoms with Gasteiger partial charge in [-0.25, -0.2) is 0 Å². The summed E-state index contributed by atoms with van der Waals surface area (Å²) in [5.41, 5.74) is 0.666. The smallest absolute Gasteiger partial charge is 0.280 e.